The van der Waals surface area contributed by atoms with Crippen LogP contribution in [0.5, 0.6) is 0 Å². The molecule has 3 rings (SSSR count). The number of carbonyl (C=O) groups is 2. The first-order chi connectivity index (χ1) is 11.2. The van der Waals surface area contributed by atoms with Crippen LogP contribution in [0.2, 0.25) is 0 Å². The Labute approximate surface area is 139 Å². The van der Waals surface area contributed by atoms with Crippen molar-refractivity contribution in [2.45, 2.75) is 32.6 Å². The fraction of sp³-hybridized carbons (Fsp3) is 0.333. The molecule has 0 fully saturated rings. The van der Waals surface area contributed by atoms with Crippen molar-refractivity contribution in [1.29, 1.82) is 0 Å². The topological polar surface area (TPSA) is 55.4 Å². The highest BCUT2D eigenvalue weighted by atomic mass is 32.1. The van der Waals surface area contributed by atoms with E-state index < -0.39 is 5.97 Å². The number of hydrogen-bond acceptors (Lipinski definition) is 4. The summed E-state index contributed by atoms with van der Waals surface area (Å²) in [6, 6.07) is 7.55. The van der Waals surface area contributed by atoms with Gasteiger partial charge >= 0.3 is 5.97 Å². The van der Waals surface area contributed by atoms with Crippen molar-refractivity contribution in [3.8, 4) is 0 Å². The first-order valence-corrected chi connectivity index (χ1v) is 8.74. The SMILES string of the molecule is CCOC(=O)c1ccsc1NC(=O)c1ccc2c(c1)CCCC2. The van der Waals surface area contributed by atoms with Gasteiger partial charge in [0, 0.05) is 5.56 Å². The highest BCUT2D eigenvalue weighted by Crippen LogP contribution is 2.26. The van der Waals surface area contributed by atoms with Gasteiger partial charge < -0.3 is 10.1 Å². The Hall–Kier alpha value is -2.14. The van der Waals surface area contributed by atoms with Gasteiger partial charge in [-0.25, -0.2) is 4.79 Å². The number of benzene rings is 1. The summed E-state index contributed by atoms with van der Waals surface area (Å²) in [6.07, 6.45) is 4.52. The number of nitrogens with one attached hydrogen (secondary N) is 1. The van der Waals surface area contributed by atoms with Crippen molar-refractivity contribution in [2.75, 3.05) is 11.9 Å². The van der Waals surface area contributed by atoms with Gasteiger partial charge in [0.25, 0.3) is 5.91 Å². The molecule has 0 bridgehead atoms. The largest absolute Gasteiger partial charge is 0.462 e. The van der Waals surface area contributed by atoms with Gasteiger partial charge in [-0.05, 0) is 67.3 Å². The predicted octanol–water partition coefficient (Wildman–Crippen LogP) is 4.06. The fourth-order valence-electron chi connectivity index (χ4n) is 2.83. The maximum atomic E-state index is 12.5. The highest BCUT2D eigenvalue weighted by Gasteiger charge is 2.18. The Morgan fingerprint density at radius 3 is 2.74 bits per heavy atom. The minimum atomic E-state index is -0.408. The number of anilines is 1. The molecule has 0 atom stereocenters. The zero-order valence-electron chi connectivity index (χ0n) is 13.1. The number of amides is 1. The minimum absolute atomic E-state index is 0.189. The van der Waals surface area contributed by atoms with Gasteiger partial charge in [-0.3, -0.25) is 4.79 Å². The van der Waals surface area contributed by atoms with Crippen LogP contribution in [0, 0.1) is 0 Å². The van der Waals surface area contributed by atoms with Gasteiger partial charge in [0.2, 0.25) is 0 Å². The van der Waals surface area contributed by atoms with E-state index in [2.05, 4.69) is 5.32 Å². The molecule has 0 spiro atoms. The van der Waals surface area contributed by atoms with E-state index in [1.54, 1.807) is 18.4 Å². The fourth-order valence-corrected chi connectivity index (χ4v) is 3.60. The Bertz CT molecular complexity index is 736. The average molecular weight is 329 g/mol. The summed E-state index contributed by atoms with van der Waals surface area (Å²) in [5.74, 6) is -0.596. The third kappa shape index (κ3) is 3.45. The van der Waals surface area contributed by atoms with E-state index in [1.807, 2.05) is 18.2 Å². The van der Waals surface area contributed by atoms with Crippen LogP contribution in [-0.2, 0) is 17.6 Å². The van der Waals surface area contributed by atoms with Crippen LogP contribution in [0.4, 0.5) is 5.00 Å². The van der Waals surface area contributed by atoms with Crippen LogP contribution in [0.25, 0.3) is 0 Å². The second-order valence-electron chi connectivity index (χ2n) is 5.53. The number of hydrogen-bond donors (Lipinski definition) is 1. The van der Waals surface area contributed by atoms with E-state index in [-0.39, 0.29) is 5.91 Å². The van der Waals surface area contributed by atoms with Crippen molar-refractivity contribution in [3.63, 3.8) is 0 Å². The molecular formula is C18H19NO3S. The summed E-state index contributed by atoms with van der Waals surface area (Å²) in [5.41, 5.74) is 3.65. The normalized spacial score (nSPS) is 13.3. The lowest BCUT2D eigenvalue weighted by atomic mass is 9.90. The molecule has 120 valence electrons. The summed E-state index contributed by atoms with van der Waals surface area (Å²) in [5, 5.41) is 5.14. The first-order valence-electron chi connectivity index (χ1n) is 7.87. The Kier molecular flexibility index (Phi) is 4.76. The number of esters is 1. The molecule has 1 amide bonds. The Morgan fingerprint density at radius 2 is 1.96 bits per heavy atom. The van der Waals surface area contributed by atoms with Gasteiger partial charge in [-0.1, -0.05) is 6.07 Å². The quantitative estimate of drug-likeness (QED) is 0.861. The highest BCUT2D eigenvalue weighted by molar-refractivity contribution is 7.14. The molecule has 0 saturated carbocycles. The van der Waals surface area contributed by atoms with Gasteiger partial charge in [-0.2, -0.15) is 0 Å². The lowest BCUT2D eigenvalue weighted by Gasteiger charge is -2.16. The molecule has 1 heterocycles. The standard InChI is InChI=1S/C18H19NO3S/c1-2-22-18(21)15-9-10-23-17(15)19-16(20)14-8-7-12-5-3-4-6-13(12)11-14/h7-11H,2-6H2,1H3,(H,19,20). The predicted molar refractivity (Wildman–Crippen MR) is 91.3 cm³/mol. The monoisotopic (exact) mass is 329 g/mol. The molecule has 1 aliphatic rings. The van der Waals surface area contributed by atoms with E-state index in [0.717, 1.165) is 12.8 Å². The molecule has 1 N–H and O–H groups in total. The first kappa shape index (κ1) is 15.7. The molecule has 2 aromatic rings. The van der Waals surface area contributed by atoms with E-state index in [1.165, 1.54) is 35.3 Å². The summed E-state index contributed by atoms with van der Waals surface area (Å²) in [4.78, 5) is 24.3. The number of fused-ring (bicyclic) bond motifs is 1. The molecule has 1 aromatic heterocycles. The van der Waals surface area contributed by atoms with Crippen LogP contribution >= 0.6 is 11.3 Å². The van der Waals surface area contributed by atoms with E-state index in [0.29, 0.717) is 22.7 Å². The molecule has 23 heavy (non-hydrogen) atoms. The number of carbonyl (C=O) groups excluding carboxylic acids is 2. The summed E-state index contributed by atoms with van der Waals surface area (Å²) >= 11 is 1.32. The second kappa shape index (κ2) is 6.96. The third-order valence-electron chi connectivity index (χ3n) is 4.00. The van der Waals surface area contributed by atoms with E-state index in [9.17, 15) is 9.59 Å². The van der Waals surface area contributed by atoms with Crippen LogP contribution in [-0.4, -0.2) is 18.5 Å². The average Bonchev–Trinajstić information content (AvgIpc) is 3.03. The number of rotatable bonds is 4. The molecule has 1 aromatic carbocycles. The van der Waals surface area contributed by atoms with Crippen LogP contribution in [0.1, 0.15) is 51.6 Å². The summed E-state index contributed by atoms with van der Waals surface area (Å²) < 4.78 is 5.01. The Morgan fingerprint density at radius 1 is 1.17 bits per heavy atom. The number of ether oxygens (including phenoxy) is 1. The Balaban J connectivity index is 1.77. The van der Waals surface area contributed by atoms with Crippen molar-refractivity contribution in [1.82, 2.24) is 0 Å². The molecule has 4 nitrogen and oxygen atoms in total. The lowest BCUT2D eigenvalue weighted by Crippen LogP contribution is -2.15. The molecule has 5 heteroatoms. The van der Waals surface area contributed by atoms with Crippen molar-refractivity contribution in [3.05, 3.63) is 51.9 Å². The zero-order valence-corrected chi connectivity index (χ0v) is 13.9. The van der Waals surface area contributed by atoms with Gasteiger partial charge in [0.1, 0.15) is 5.00 Å². The maximum Gasteiger partial charge on any atom is 0.341 e. The van der Waals surface area contributed by atoms with Crippen LogP contribution in [0.15, 0.2) is 29.6 Å². The molecule has 0 radical (unpaired) electrons. The molecule has 1 aliphatic carbocycles. The summed E-state index contributed by atoms with van der Waals surface area (Å²) in [6.45, 7) is 2.07. The molecule has 0 aliphatic heterocycles. The van der Waals surface area contributed by atoms with Crippen molar-refractivity contribution in [2.24, 2.45) is 0 Å². The molecular weight excluding hydrogens is 310 g/mol. The van der Waals surface area contributed by atoms with Gasteiger partial charge in [-0.15, -0.1) is 11.3 Å². The maximum absolute atomic E-state index is 12.5. The minimum Gasteiger partial charge on any atom is -0.462 e. The van der Waals surface area contributed by atoms with Crippen molar-refractivity contribution >= 4 is 28.2 Å². The van der Waals surface area contributed by atoms with Gasteiger partial charge in [0.15, 0.2) is 0 Å². The third-order valence-corrected chi connectivity index (χ3v) is 4.83. The van der Waals surface area contributed by atoms with Gasteiger partial charge in [0.05, 0.1) is 12.2 Å². The van der Waals surface area contributed by atoms with Crippen LogP contribution < -0.4 is 5.32 Å². The van der Waals surface area contributed by atoms with Crippen LogP contribution in [0.3, 0.4) is 0 Å². The second-order valence-corrected chi connectivity index (χ2v) is 6.44. The number of aryl methyl sites for hydroxylation is 2. The molecule has 0 unspecified atom stereocenters. The number of thiophene rings is 1. The zero-order chi connectivity index (χ0) is 16.2. The molecule has 0 saturated heterocycles. The smallest absolute Gasteiger partial charge is 0.341 e. The lowest BCUT2D eigenvalue weighted by molar-refractivity contribution is 0.0528. The van der Waals surface area contributed by atoms with E-state index in [4.69, 9.17) is 4.74 Å². The van der Waals surface area contributed by atoms with E-state index >= 15 is 0 Å². The summed E-state index contributed by atoms with van der Waals surface area (Å²) in [7, 11) is 0. The van der Waals surface area contributed by atoms with Crippen molar-refractivity contribution < 1.29 is 14.3 Å².